The standard InChI is InChI=1S/C53H37NS2/c1-3-11-34(12-4-1)35-19-21-36(22-20-35)41-32-48(37-13-5-2-6-14-37)54-49(33-41)42-26-23-38(39-24-27-52-46(30-39)43-15-7-9-17-50(43)55-52)29-45(42)40-25-28-53-47(31-40)44-16-8-10-18-51(44)56-53/h1-21,23-31,33,36,48H,22,32H2. The Morgan fingerprint density at radius 1 is 0.482 bits per heavy atom. The Morgan fingerprint density at radius 3 is 1.77 bits per heavy atom. The summed E-state index contributed by atoms with van der Waals surface area (Å²) in [6.45, 7) is 0. The molecular formula is C53H37NS2. The van der Waals surface area contributed by atoms with Crippen LogP contribution >= 0.6 is 22.7 Å². The van der Waals surface area contributed by atoms with Crippen molar-refractivity contribution in [3.8, 4) is 22.3 Å². The Morgan fingerprint density at radius 2 is 1.07 bits per heavy atom. The van der Waals surface area contributed by atoms with Crippen molar-refractivity contribution in [2.75, 3.05) is 0 Å². The first kappa shape index (κ1) is 33.2. The third kappa shape index (κ3) is 5.96. The molecule has 266 valence electrons. The van der Waals surface area contributed by atoms with Crippen molar-refractivity contribution in [2.45, 2.75) is 18.9 Å². The van der Waals surface area contributed by atoms with Gasteiger partial charge in [0.1, 0.15) is 0 Å². The van der Waals surface area contributed by atoms with E-state index < -0.39 is 0 Å². The number of aliphatic imine (C=N–C) groups is 1. The van der Waals surface area contributed by atoms with Crippen LogP contribution in [-0.4, -0.2) is 5.71 Å². The Bertz CT molecular complexity index is 3080. The quantitative estimate of drug-likeness (QED) is 0.160. The van der Waals surface area contributed by atoms with Gasteiger partial charge in [-0.1, -0.05) is 145 Å². The Kier molecular flexibility index (Phi) is 8.23. The maximum atomic E-state index is 5.59. The van der Waals surface area contributed by atoms with Crippen LogP contribution in [0.25, 0.3) is 68.2 Å². The largest absolute Gasteiger partial charge is 0.276 e. The Balaban J connectivity index is 1.07. The van der Waals surface area contributed by atoms with Crippen LogP contribution in [0, 0.1) is 5.92 Å². The normalized spacial score (nSPS) is 17.0. The maximum absolute atomic E-state index is 5.59. The van der Waals surface area contributed by atoms with Gasteiger partial charge in [-0.2, -0.15) is 0 Å². The molecule has 1 aliphatic heterocycles. The van der Waals surface area contributed by atoms with Gasteiger partial charge < -0.3 is 0 Å². The molecule has 0 amide bonds. The van der Waals surface area contributed by atoms with E-state index in [1.807, 2.05) is 22.7 Å². The van der Waals surface area contributed by atoms with Crippen LogP contribution in [0.15, 0.2) is 199 Å². The first-order valence-electron chi connectivity index (χ1n) is 19.5. The molecule has 0 fully saturated rings. The fraction of sp³-hybridized carbons (Fsp3) is 0.0755. The molecule has 0 bridgehead atoms. The van der Waals surface area contributed by atoms with E-state index >= 15 is 0 Å². The zero-order valence-electron chi connectivity index (χ0n) is 30.7. The minimum absolute atomic E-state index is 0.0456. The third-order valence-electron chi connectivity index (χ3n) is 11.6. The lowest BCUT2D eigenvalue weighted by Gasteiger charge is -2.28. The summed E-state index contributed by atoms with van der Waals surface area (Å²) in [6, 6.07) is 60.3. The van der Waals surface area contributed by atoms with E-state index in [1.165, 1.54) is 90.4 Å². The molecule has 1 nitrogen and oxygen atoms in total. The molecule has 0 saturated carbocycles. The SMILES string of the molecule is C1=CC(C2=CC(c3ccc(-c4ccc5sc6ccccc6c5c4)cc3-c3ccc4sc5ccccc5c4c3)=NC(c3ccccc3)C2)CC=C1c1ccccc1. The van der Waals surface area contributed by atoms with Crippen LogP contribution in [0.5, 0.6) is 0 Å². The van der Waals surface area contributed by atoms with E-state index in [2.05, 4.69) is 188 Å². The van der Waals surface area contributed by atoms with Gasteiger partial charge in [-0.3, -0.25) is 4.99 Å². The van der Waals surface area contributed by atoms with E-state index in [1.54, 1.807) is 0 Å². The molecular weight excluding hydrogens is 715 g/mol. The Hall–Kier alpha value is -6.13. The van der Waals surface area contributed by atoms with Gasteiger partial charge >= 0.3 is 0 Å². The van der Waals surface area contributed by atoms with Gasteiger partial charge in [0.15, 0.2) is 0 Å². The number of thiophene rings is 2. The summed E-state index contributed by atoms with van der Waals surface area (Å²) >= 11 is 3.74. The number of allylic oxidation sites excluding steroid dienone is 5. The average molecular weight is 752 g/mol. The number of rotatable bonds is 6. The highest BCUT2D eigenvalue weighted by molar-refractivity contribution is 7.26. The van der Waals surface area contributed by atoms with Crippen molar-refractivity contribution in [1.29, 1.82) is 0 Å². The zero-order chi connectivity index (χ0) is 37.0. The van der Waals surface area contributed by atoms with Gasteiger partial charge in [0.05, 0.1) is 11.8 Å². The average Bonchev–Trinajstić information content (AvgIpc) is 3.84. The van der Waals surface area contributed by atoms with Crippen LogP contribution in [0.3, 0.4) is 0 Å². The number of dihydropyridines is 1. The van der Waals surface area contributed by atoms with Crippen molar-refractivity contribution in [2.24, 2.45) is 10.9 Å². The van der Waals surface area contributed by atoms with E-state index in [4.69, 9.17) is 4.99 Å². The first-order chi connectivity index (χ1) is 27.7. The lowest BCUT2D eigenvalue weighted by atomic mass is 9.81. The molecule has 1 aliphatic carbocycles. The third-order valence-corrected chi connectivity index (χ3v) is 13.9. The van der Waals surface area contributed by atoms with Crippen LogP contribution in [-0.2, 0) is 0 Å². The predicted octanol–water partition coefficient (Wildman–Crippen LogP) is 15.3. The monoisotopic (exact) mass is 751 g/mol. The highest BCUT2D eigenvalue weighted by atomic mass is 32.1. The molecule has 2 aromatic heterocycles. The fourth-order valence-electron chi connectivity index (χ4n) is 8.71. The number of fused-ring (bicyclic) bond motifs is 6. The molecule has 11 rings (SSSR count). The molecule has 7 aromatic carbocycles. The molecule has 2 atom stereocenters. The van der Waals surface area contributed by atoms with Crippen molar-refractivity contribution in [3.05, 3.63) is 210 Å². The van der Waals surface area contributed by atoms with Crippen LogP contribution in [0.2, 0.25) is 0 Å². The molecule has 56 heavy (non-hydrogen) atoms. The van der Waals surface area contributed by atoms with Gasteiger partial charge in [0, 0.05) is 51.8 Å². The van der Waals surface area contributed by atoms with E-state index in [0.717, 1.165) is 18.6 Å². The molecule has 9 aromatic rings. The van der Waals surface area contributed by atoms with Crippen molar-refractivity contribution in [1.82, 2.24) is 0 Å². The number of hydrogen-bond donors (Lipinski definition) is 0. The van der Waals surface area contributed by atoms with Crippen molar-refractivity contribution < 1.29 is 0 Å². The van der Waals surface area contributed by atoms with Crippen molar-refractivity contribution in [3.63, 3.8) is 0 Å². The smallest absolute Gasteiger partial charge is 0.0793 e. The fourth-order valence-corrected chi connectivity index (χ4v) is 10.9. The van der Waals surface area contributed by atoms with E-state index in [9.17, 15) is 0 Å². The lowest BCUT2D eigenvalue weighted by molar-refractivity contribution is 0.632. The van der Waals surface area contributed by atoms with Crippen LogP contribution < -0.4 is 0 Å². The van der Waals surface area contributed by atoms with Crippen molar-refractivity contribution >= 4 is 74.3 Å². The van der Waals surface area contributed by atoms with E-state index in [0.29, 0.717) is 5.92 Å². The number of hydrogen-bond acceptors (Lipinski definition) is 3. The molecule has 0 radical (unpaired) electrons. The van der Waals surface area contributed by atoms with E-state index in [-0.39, 0.29) is 6.04 Å². The minimum Gasteiger partial charge on any atom is -0.276 e. The molecule has 0 saturated heterocycles. The summed E-state index contributed by atoms with van der Waals surface area (Å²) in [4.78, 5) is 5.59. The highest BCUT2D eigenvalue weighted by Crippen LogP contribution is 2.43. The zero-order valence-corrected chi connectivity index (χ0v) is 32.4. The first-order valence-corrected chi connectivity index (χ1v) is 21.1. The summed E-state index contributed by atoms with van der Waals surface area (Å²) in [7, 11) is 0. The Labute approximate surface area is 334 Å². The summed E-state index contributed by atoms with van der Waals surface area (Å²) in [5.41, 5.74) is 12.4. The highest BCUT2D eigenvalue weighted by Gasteiger charge is 2.26. The van der Waals surface area contributed by atoms with Gasteiger partial charge in [-0.15, -0.1) is 22.7 Å². The summed E-state index contributed by atoms with van der Waals surface area (Å²) in [6.07, 6.45) is 11.5. The van der Waals surface area contributed by atoms with Gasteiger partial charge in [-0.05, 0) is 100 Å². The number of benzene rings is 7. The summed E-state index contributed by atoms with van der Waals surface area (Å²) in [5.74, 6) is 0.322. The molecule has 2 aliphatic rings. The molecule has 3 heteroatoms. The second kappa shape index (κ2) is 13.9. The summed E-state index contributed by atoms with van der Waals surface area (Å²) in [5, 5.41) is 5.27. The molecule has 2 unspecified atom stereocenters. The lowest BCUT2D eigenvalue weighted by Crippen LogP contribution is -2.16. The topological polar surface area (TPSA) is 12.4 Å². The number of nitrogens with zero attached hydrogens (tertiary/aromatic N) is 1. The molecule has 0 N–H and O–H groups in total. The van der Waals surface area contributed by atoms with Crippen LogP contribution in [0.1, 0.15) is 35.6 Å². The predicted molar refractivity (Wildman–Crippen MR) is 243 cm³/mol. The van der Waals surface area contributed by atoms with Crippen LogP contribution in [0.4, 0.5) is 0 Å². The maximum Gasteiger partial charge on any atom is 0.0793 e. The summed E-state index contributed by atoms with van der Waals surface area (Å²) < 4.78 is 5.29. The van der Waals surface area contributed by atoms with Gasteiger partial charge in [0.25, 0.3) is 0 Å². The minimum atomic E-state index is 0.0456. The van der Waals surface area contributed by atoms with Gasteiger partial charge in [-0.25, -0.2) is 0 Å². The second-order valence-electron chi connectivity index (χ2n) is 15.0. The molecule has 3 heterocycles. The van der Waals surface area contributed by atoms with Gasteiger partial charge in [0.2, 0.25) is 0 Å². The second-order valence-corrected chi connectivity index (χ2v) is 17.1. The molecule has 0 spiro atoms.